The molecule has 0 aliphatic heterocycles. The van der Waals surface area contributed by atoms with Crippen LogP contribution < -0.4 is 9.47 Å². The Balaban J connectivity index is 1.97. The number of nitrogens with zero attached hydrogens (tertiary/aromatic N) is 2. The highest BCUT2D eigenvalue weighted by Gasteiger charge is 2.27. The van der Waals surface area contributed by atoms with Gasteiger partial charge in [0.15, 0.2) is 24.7 Å². The Kier molecular flexibility index (Phi) is 8.84. The van der Waals surface area contributed by atoms with Crippen LogP contribution in [0.3, 0.4) is 0 Å². The lowest BCUT2D eigenvalue weighted by Crippen LogP contribution is -2.46. The largest absolute Gasteiger partial charge is 0.493 e. The summed E-state index contributed by atoms with van der Waals surface area (Å²) in [6, 6.07) is 16.6. The highest BCUT2D eigenvalue weighted by Crippen LogP contribution is 2.28. The summed E-state index contributed by atoms with van der Waals surface area (Å²) in [6.45, 7) is 5.79. The zero-order valence-electron chi connectivity index (χ0n) is 18.8. The summed E-state index contributed by atoms with van der Waals surface area (Å²) in [7, 11) is 1.48. The molecule has 2 rings (SSSR count). The molecule has 0 radical (unpaired) electrons. The van der Waals surface area contributed by atoms with Crippen molar-refractivity contribution in [3.8, 4) is 17.6 Å². The fourth-order valence-electron chi connectivity index (χ4n) is 2.91. The van der Waals surface area contributed by atoms with E-state index in [0.717, 1.165) is 5.56 Å². The molecule has 0 fully saturated rings. The predicted octanol–water partition coefficient (Wildman–Crippen LogP) is 3.98. The van der Waals surface area contributed by atoms with Gasteiger partial charge >= 0.3 is 5.97 Å². The summed E-state index contributed by atoms with van der Waals surface area (Å²) < 4.78 is 15.7. The number of hydrogen-bond donors (Lipinski definition) is 0. The molecule has 0 atom stereocenters. The lowest BCUT2D eigenvalue weighted by atomic mass is 10.0. The minimum Gasteiger partial charge on any atom is -0.493 e. The van der Waals surface area contributed by atoms with Crippen molar-refractivity contribution in [2.45, 2.75) is 32.9 Å². The predicted molar refractivity (Wildman–Crippen MR) is 121 cm³/mol. The third-order valence-electron chi connectivity index (χ3n) is 4.52. The maximum atomic E-state index is 12.8. The standard InChI is InChI=1S/C25H28N2O5/c1-25(2,3)27(17-20-8-6-5-7-9-20)23(28)18-32-24(29)13-11-19-10-12-21(31-15-14-26)22(16-19)30-4/h5-13,16H,15,17-18H2,1-4H3/b13-11+. The number of ether oxygens (including phenoxy) is 3. The Bertz CT molecular complexity index is 988. The van der Waals surface area contributed by atoms with Gasteiger partial charge in [-0.15, -0.1) is 0 Å². The molecule has 7 nitrogen and oxygen atoms in total. The smallest absolute Gasteiger partial charge is 0.331 e. The van der Waals surface area contributed by atoms with Gasteiger partial charge in [0, 0.05) is 18.2 Å². The van der Waals surface area contributed by atoms with E-state index in [-0.39, 0.29) is 19.1 Å². The summed E-state index contributed by atoms with van der Waals surface area (Å²) in [5, 5.41) is 8.63. The van der Waals surface area contributed by atoms with Crippen molar-refractivity contribution in [2.75, 3.05) is 20.3 Å². The van der Waals surface area contributed by atoms with Gasteiger partial charge in [0.05, 0.1) is 7.11 Å². The number of nitriles is 1. The van der Waals surface area contributed by atoms with Crippen molar-refractivity contribution in [3.05, 3.63) is 65.7 Å². The second-order valence-electron chi connectivity index (χ2n) is 7.93. The van der Waals surface area contributed by atoms with E-state index in [4.69, 9.17) is 19.5 Å². The minimum absolute atomic E-state index is 0.0955. The van der Waals surface area contributed by atoms with Crippen molar-refractivity contribution in [3.63, 3.8) is 0 Å². The van der Waals surface area contributed by atoms with Gasteiger partial charge in [-0.2, -0.15) is 5.26 Å². The molecular weight excluding hydrogens is 408 g/mol. The number of carbonyl (C=O) groups is 2. The molecule has 0 bridgehead atoms. The Hall–Kier alpha value is -3.79. The van der Waals surface area contributed by atoms with Crippen LogP contribution in [0.25, 0.3) is 6.08 Å². The molecule has 0 unspecified atom stereocenters. The van der Waals surface area contributed by atoms with E-state index in [0.29, 0.717) is 23.6 Å². The van der Waals surface area contributed by atoms with Crippen LogP contribution in [0.1, 0.15) is 31.9 Å². The number of rotatable bonds is 9. The van der Waals surface area contributed by atoms with Crippen molar-refractivity contribution < 1.29 is 23.8 Å². The molecule has 2 aromatic carbocycles. The van der Waals surface area contributed by atoms with Gasteiger partial charge in [-0.3, -0.25) is 4.79 Å². The fraction of sp³-hybridized carbons (Fsp3) is 0.320. The fourth-order valence-corrected chi connectivity index (χ4v) is 2.91. The van der Waals surface area contributed by atoms with Crippen LogP contribution in [-0.2, 0) is 20.9 Å². The molecule has 0 saturated carbocycles. The van der Waals surface area contributed by atoms with Crippen molar-refractivity contribution in [1.82, 2.24) is 4.90 Å². The summed E-state index contributed by atoms with van der Waals surface area (Å²) in [5.41, 5.74) is 1.24. The molecule has 0 aromatic heterocycles. The van der Waals surface area contributed by atoms with Crippen LogP contribution >= 0.6 is 0 Å². The van der Waals surface area contributed by atoms with Crippen LogP contribution in [0, 0.1) is 11.3 Å². The normalized spacial score (nSPS) is 11.0. The zero-order chi connectivity index (χ0) is 23.6. The first-order valence-electron chi connectivity index (χ1n) is 10.1. The van der Waals surface area contributed by atoms with Crippen LogP contribution in [0.15, 0.2) is 54.6 Å². The SMILES string of the molecule is COc1cc(/C=C/C(=O)OCC(=O)N(Cc2ccccc2)C(C)(C)C)ccc1OCC#N. The summed E-state index contributed by atoms with van der Waals surface area (Å²) in [5.74, 6) is -0.0350. The second-order valence-corrected chi connectivity index (χ2v) is 7.93. The molecule has 1 amide bonds. The average molecular weight is 437 g/mol. The van der Waals surface area contributed by atoms with Gasteiger partial charge in [0.25, 0.3) is 5.91 Å². The lowest BCUT2D eigenvalue weighted by molar-refractivity contribution is -0.151. The quantitative estimate of drug-likeness (QED) is 0.436. The number of hydrogen-bond acceptors (Lipinski definition) is 6. The lowest BCUT2D eigenvalue weighted by Gasteiger charge is -2.35. The monoisotopic (exact) mass is 436 g/mol. The van der Waals surface area contributed by atoms with Crippen molar-refractivity contribution in [1.29, 1.82) is 5.26 Å². The van der Waals surface area contributed by atoms with Gasteiger partial charge in [-0.25, -0.2) is 4.79 Å². The Morgan fingerprint density at radius 2 is 1.81 bits per heavy atom. The maximum Gasteiger partial charge on any atom is 0.331 e. The Morgan fingerprint density at radius 3 is 2.44 bits per heavy atom. The average Bonchev–Trinajstić information content (AvgIpc) is 2.78. The molecular formula is C25H28N2O5. The molecule has 0 N–H and O–H groups in total. The minimum atomic E-state index is -0.629. The zero-order valence-corrected chi connectivity index (χ0v) is 18.8. The second kappa shape index (κ2) is 11.6. The third-order valence-corrected chi connectivity index (χ3v) is 4.52. The van der Waals surface area contributed by atoms with Gasteiger partial charge in [-0.1, -0.05) is 36.4 Å². The summed E-state index contributed by atoms with van der Waals surface area (Å²) in [6.07, 6.45) is 2.80. The molecule has 2 aromatic rings. The van der Waals surface area contributed by atoms with Crippen molar-refractivity contribution in [2.24, 2.45) is 0 Å². The molecule has 0 heterocycles. The van der Waals surface area contributed by atoms with Gasteiger partial charge < -0.3 is 19.1 Å². The van der Waals surface area contributed by atoms with Gasteiger partial charge in [0.2, 0.25) is 0 Å². The number of amides is 1. The first kappa shape index (κ1) is 24.5. The van der Waals surface area contributed by atoms with Crippen molar-refractivity contribution >= 4 is 18.0 Å². The Labute approximate surface area is 188 Å². The highest BCUT2D eigenvalue weighted by atomic mass is 16.5. The van der Waals surface area contributed by atoms with Crippen LogP contribution in [0.4, 0.5) is 0 Å². The van der Waals surface area contributed by atoms with Crippen LogP contribution in [0.5, 0.6) is 11.5 Å². The first-order chi connectivity index (χ1) is 15.2. The summed E-state index contributed by atoms with van der Waals surface area (Å²) in [4.78, 5) is 26.6. The number of carbonyl (C=O) groups excluding carboxylic acids is 2. The van der Waals surface area contributed by atoms with E-state index in [1.54, 1.807) is 29.2 Å². The van der Waals surface area contributed by atoms with E-state index in [9.17, 15) is 9.59 Å². The molecule has 0 saturated heterocycles. The van der Waals surface area contributed by atoms with E-state index < -0.39 is 11.5 Å². The van der Waals surface area contributed by atoms with E-state index in [2.05, 4.69) is 0 Å². The third kappa shape index (κ3) is 7.47. The number of methoxy groups -OCH3 is 1. The Morgan fingerprint density at radius 1 is 1.09 bits per heavy atom. The summed E-state index contributed by atoms with van der Waals surface area (Å²) >= 11 is 0. The number of benzene rings is 2. The molecule has 0 aliphatic carbocycles. The van der Waals surface area contributed by atoms with E-state index in [1.807, 2.05) is 57.2 Å². The first-order valence-corrected chi connectivity index (χ1v) is 10.1. The number of esters is 1. The van der Waals surface area contributed by atoms with E-state index >= 15 is 0 Å². The topological polar surface area (TPSA) is 88.9 Å². The van der Waals surface area contributed by atoms with E-state index in [1.165, 1.54) is 13.2 Å². The maximum absolute atomic E-state index is 12.8. The molecule has 0 spiro atoms. The van der Waals surface area contributed by atoms with Crippen LogP contribution in [-0.4, -0.2) is 42.6 Å². The van der Waals surface area contributed by atoms with Gasteiger partial charge in [0.1, 0.15) is 6.07 Å². The molecule has 32 heavy (non-hydrogen) atoms. The molecule has 168 valence electrons. The molecule has 7 heteroatoms. The van der Waals surface area contributed by atoms with Crippen LogP contribution in [0.2, 0.25) is 0 Å². The highest BCUT2D eigenvalue weighted by molar-refractivity contribution is 5.89. The van der Waals surface area contributed by atoms with Gasteiger partial charge in [-0.05, 0) is 50.1 Å². The molecule has 0 aliphatic rings.